The highest BCUT2D eigenvalue weighted by Crippen LogP contribution is 2.22. The van der Waals surface area contributed by atoms with Gasteiger partial charge in [0.25, 0.3) is 0 Å². The summed E-state index contributed by atoms with van der Waals surface area (Å²) in [6.07, 6.45) is 2.41. The van der Waals surface area contributed by atoms with Crippen LogP contribution in [0.1, 0.15) is 28.5 Å². The first-order chi connectivity index (χ1) is 14.6. The predicted molar refractivity (Wildman–Crippen MR) is 109 cm³/mol. The minimum atomic E-state index is -0.313. The molecule has 1 aliphatic rings. The van der Waals surface area contributed by atoms with Gasteiger partial charge in [0.15, 0.2) is 0 Å². The van der Waals surface area contributed by atoms with Crippen LogP contribution >= 0.6 is 0 Å². The minimum absolute atomic E-state index is 0.0113. The third kappa shape index (κ3) is 5.07. The maximum absolute atomic E-state index is 13.1. The SMILES string of the molecule is O=C(Cc1ccc(F)cc1)N1CCO[C@@H](c2ccc(Cc3ccc(F)cc3)cn2)C1. The second kappa shape index (κ2) is 9.13. The molecule has 2 aromatic carbocycles. The van der Waals surface area contributed by atoms with Crippen LogP contribution in [-0.2, 0) is 22.4 Å². The van der Waals surface area contributed by atoms with E-state index in [0.717, 1.165) is 22.4 Å². The lowest BCUT2D eigenvalue weighted by Gasteiger charge is -2.32. The first-order valence-electron chi connectivity index (χ1n) is 9.90. The van der Waals surface area contributed by atoms with Crippen molar-refractivity contribution < 1.29 is 18.3 Å². The molecule has 2 heterocycles. The molecule has 0 saturated carbocycles. The van der Waals surface area contributed by atoms with Crippen molar-refractivity contribution in [3.8, 4) is 0 Å². The molecule has 3 aromatic rings. The van der Waals surface area contributed by atoms with Gasteiger partial charge in [-0.25, -0.2) is 8.78 Å². The van der Waals surface area contributed by atoms with E-state index in [1.54, 1.807) is 35.4 Å². The molecule has 0 radical (unpaired) electrons. The Balaban J connectivity index is 1.37. The van der Waals surface area contributed by atoms with E-state index in [0.29, 0.717) is 26.1 Å². The van der Waals surface area contributed by atoms with Crippen LogP contribution in [0.4, 0.5) is 8.78 Å². The number of aromatic nitrogens is 1. The second-order valence-corrected chi connectivity index (χ2v) is 7.40. The Morgan fingerprint density at radius 1 is 0.933 bits per heavy atom. The zero-order valence-electron chi connectivity index (χ0n) is 16.4. The highest BCUT2D eigenvalue weighted by molar-refractivity contribution is 5.78. The molecule has 0 spiro atoms. The summed E-state index contributed by atoms with van der Waals surface area (Å²) in [5.74, 6) is -0.574. The average Bonchev–Trinajstić information content (AvgIpc) is 2.77. The number of pyridine rings is 1. The lowest BCUT2D eigenvalue weighted by atomic mass is 10.1. The van der Waals surface area contributed by atoms with Crippen LogP contribution in [0, 0.1) is 11.6 Å². The molecule has 0 N–H and O–H groups in total. The molecule has 1 amide bonds. The van der Waals surface area contributed by atoms with Gasteiger partial charge >= 0.3 is 0 Å². The molecule has 1 saturated heterocycles. The summed E-state index contributed by atoms with van der Waals surface area (Å²) in [5.41, 5.74) is 3.59. The first-order valence-corrected chi connectivity index (χ1v) is 9.90. The maximum Gasteiger partial charge on any atom is 0.227 e. The van der Waals surface area contributed by atoms with Crippen molar-refractivity contribution in [2.24, 2.45) is 0 Å². The fourth-order valence-corrected chi connectivity index (χ4v) is 3.51. The molecule has 1 fully saturated rings. The van der Waals surface area contributed by atoms with E-state index in [9.17, 15) is 13.6 Å². The van der Waals surface area contributed by atoms with Gasteiger partial charge in [-0.2, -0.15) is 0 Å². The molecular formula is C24H22F2N2O2. The van der Waals surface area contributed by atoms with Crippen molar-refractivity contribution in [2.75, 3.05) is 19.7 Å². The summed E-state index contributed by atoms with van der Waals surface area (Å²) in [6.45, 7) is 1.41. The molecule has 30 heavy (non-hydrogen) atoms. The zero-order valence-corrected chi connectivity index (χ0v) is 16.4. The summed E-state index contributed by atoms with van der Waals surface area (Å²) in [6, 6.07) is 16.3. The quantitative estimate of drug-likeness (QED) is 0.639. The van der Waals surface area contributed by atoms with Crippen LogP contribution in [0.2, 0.25) is 0 Å². The Labute approximate surface area is 174 Å². The molecule has 1 aliphatic heterocycles. The minimum Gasteiger partial charge on any atom is -0.368 e. The maximum atomic E-state index is 13.1. The number of benzene rings is 2. The molecule has 154 valence electrons. The van der Waals surface area contributed by atoms with Gasteiger partial charge in [-0.15, -0.1) is 0 Å². The number of rotatable bonds is 5. The van der Waals surface area contributed by atoms with Gasteiger partial charge < -0.3 is 9.64 Å². The molecule has 0 bridgehead atoms. The van der Waals surface area contributed by atoms with Gasteiger partial charge in [0.2, 0.25) is 5.91 Å². The van der Waals surface area contributed by atoms with Gasteiger partial charge in [-0.05, 0) is 53.4 Å². The normalized spacial score (nSPS) is 16.5. The van der Waals surface area contributed by atoms with Crippen molar-refractivity contribution >= 4 is 5.91 Å². The molecule has 6 heteroatoms. The zero-order chi connectivity index (χ0) is 20.9. The van der Waals surface area contributed by atoms with Crippen molar-refractivity contribution in [1.82, 2.24) is 9.88 Å². The van der Waals surface area contributed by atoms with Crippen LogP contribution < -0.4 is 0 Å². The van der Waals surface area contributed by atoms with Crippen molar-refractivity contribution in [3.63, 3.8) is 0 Å². The molecule has 0 aliphatic carbocycles. The van der Waals surface area contributed by atoms with E-state index in [1.807, 2.05) is 12.1 Å². The topological polar surface area (TPSA) is 42.4 Å². The first kappa shape index (κ1) is 20.2. The Bertz CT molecular complexity index is 989. The standard InChI is InChI=1S/C24H22F2N2O2/c25-20-6-1-17(2-7-20)13-19-5-10-22(27-15-19)23-16-28(11-12-30-23)24(29)14-18-3-8-21(26)9-4-18/h1-10,15,23H,11-14,16H2/t23-/m1/s1. The Morgan fingerprint density at radius 3 is 2.20 bits per heavy atom. The van der Waals surface area contributed by atoms with Gasteiger partial charge in [0.05, 0.1) is 25.3 Å². The lowest BCUT2D eigenvalue weighted by Crippen LogP contribution is -2.43. The van der Waals surface area contributed by atoms with Crippen LogP contribution in [0.15, 0.2) is 66.9 Å². The predicted octanol–water partition coefficient (Wildman–Crippen LogP) is 4.09. The number of amides is 1. The van der Waals surface area contributed by atoms with Gasteiger partial charge in [0, 0.05) is 12.7 Å². The molecule has 1 aromatic heterocycles. The van der Waals surface area contributed by atoms with Crippen molar-refractivity contribution in [1.29, 1.82) is 0 Å². The van der Waals surface area contributed by atoms with Gasteiger partial charge in [-0.1, -0.05) is 30.3 Å². The van der Waals surface area contributed by atoms with Crippen LogP contribution in [0.25, 0.3) is 0 Å². The average molecular weight is 408 g/mol. The summed E-state index contributed by atoms with van der Waals surface area (Å²) < 4.78 is 31.9. The van der Waals surface area contributed by atoms with Crippen molar-refractivity contribution in [3.05, 3.63) is 101 Å². The van der Waals surface area contributed by atoms with E-state index >= 15 is 0 Å². The number of halogens is 2. The number of hydrogen-bond donors (Lipinski definition) is 0. The van der Waals surface area contributed by atoms with Crippen LogP contribution in [0.3, 0.4) is 0 Å². The Hall–Kier alpha value is -3.12. The molecule has 4 nitrogen and oxygen atoms in total. The summed E-state index contributed by atoms with van der Waals surface area (Å²) in [5, 5.41) is 0. The Kier molecular flexibility index (Phi) is 6.14. The third-order valence-corrected chi connectivity index (χ3v) is 5.19. The highest BCUT2D eigenvalue weighted by atomic mass is 19.1. The fraction of sp³-hybridized carbons (Fsp3) is 0.250. The Morgan fingerprint density at radius 2 is 1.57 bits per heavy atom. The lowest BCUT2D eigenvalue weighted by molar-refractivity contribution is -0.138. The van der Waals surface area contributed by atoms with Crippen LogP contribution in [0.5, 0.6) is 0 Å². The van der Waals surface area contributed by atoms with E-state index in [-0.39, 0.29) is 30.1 Å². The van der Waals surface area contributed by atoms with Crippen molar-refractivity contribution in [2.45, 2.75) is 18.9 Å². The molecule has 0 unspecified atom stereocenters. The smallest absolute Gasteiger partial charge is 0.227 e. The molecule has 4 rings (SSSR count). The summed E-state index contributed by atoms with van der Waals surface area (Å²) in [4.78, 5) is 18.9. The summed E-state index contributed by atoms with van der Waals surface area (Å²) >= 11 is 0. The third-order valence-electron chi connectivity index (χ3n) is 5.19. The highest BCUT2D eigenvalue weighted by Gasteiger charge is 2.26. The largest absolute Gasteiger partial charge is 0.368 e. The van der Waals surface area contributed by atoms with Crippen LogP contribution in [-0.4, -0.2) is 35.5 Å². The van der Waals surface area contributed by atoms with Gasteiger partial charge in [-0.3, -0.25) is 9.78 Å². The van der Waals surface area contributed by atoms with E-state index in [4.69, 9.17) is 4.74 Å². The molecule has 1 atom stereocenters. The van der Waals surface area contributed by atoms with E-state index < -0.39 is 0 Å². The number of ether oxygens (including phenoxy) is 1. The number of carbonyl (C=O) groups is 1. The number of carbonyl (C=O) groups excluding carboxylic acids is 1. The number of hydrogen-bond acceptors (Lipinski definition) is 3. The second-order valence-electron chi connectivity index (χ2n) is 7.40. The number of nitrogens with zero attached hydrogens (tertiary/aromatic N) is 2. The summed E-state index contributed by atoms with van der Waals surface area (Å²) in [7, 11) is 0. The fourth-order valence-electron chi connectivity index (χ4n) is 3.51. The van der Waals surface area contributed by atoms with Gasteiger partial charge in [0.1, 0.15) is 17.7 Å². The molecular weight excluding hydrogens is 386 g/mol. The number of morpholine rings is 1. The monoisotopic (exact) mass is 408 g/mol. The van der Waals surface area contributed by atoms with E-state index in [2.05, 4.69) is 4.98 Å². The van der Waals surface area contributed by atoms with E-state index in [1.165, 1.54) is 24.3 Å².